The van der Waals surface area contributed by atoms with E-state index in [4.69, 9.17) is 5.73 Å². The normalized spacial score (nSPS) is 23.6. The first-order valence-electron chi connectivity index (χ1n) is 10.4. The number of hydrogen-bond acceptors (Lipinski definition) is 9. The topological polar surface area (TPSA) is 194 Å². The van der Waals surface area contributed by atoms with Crippen molar-refractivity contribution >= 4 is 41.4 Å². The minimum atomic E-state index is -1.38. The second kappa shape index (κ2) is 11.2. The fourth-order valence-corrected chi connectivity index (χ4v) is 5.59. The Morgan fingerprint density at radius 1 is 1.20 bits per heavy atom. The molecule has 2 aliphatic heterocycles. The zero-order valence-corrected chi connectivity index (χ0v) is 22.5. The summed E-state index contributed by atoms with van der Waals surface area (Å²) in [6, 6.07) is 0.808. The second-order valence-corrected chi connectivity index (χ2v) is 10.4. The summed E-state index contributed by atoms with van der Waals surface area (Å²) in [6.07, 6.45) is -0.305. The number of carboxylic acid groups (broad SMARTS) is 1. The van der Waals surface area contributed by atoms with Gasteiger partial charge in [0.2, 0.25) is 23.6 Å². The summed E-state index contributed by atoms with van der Waals surface area (Å²) in [5.74, 6) is -3.98. The molecule has 1 aromatic rings. The van der Waals surface area contributed by atoms with Crippen molar-refractivity contribution in [3.8, 4) is 5.75 Å². The Balaban J connectivity index is 0.00000432. The SMILES string of the molecule is CNC(=O)C[C@@H](N)C(=O)N[C@@H](C(=O)N[C@@H]1C(=O)N2[C@@H]1SC(C)(C)[C@@H]2C(=O)[O-])c1ccc(O)cc1.[Na+]. The number of phenolic OH excluding ortho intramolecular Hbond substituents is 1. The number of nitrogens with zero attached hydrogens (tertiary/aromatic N) is 1. The van der Waals surface area contributed by atoms with Crippen molar-refractivity contribution in [3.05, 3.63) is 29.8 Å². The van der Waals surface area contributed by atoms with Crippen LogP contribution in [0.2, 0.25) is 0 Å². The summed E-state index contributed by atoms with van der Waals surface area (Å²) < 4.78 is -0.824. The van der Waals surface area contributed by atoms with Crippen LogP contribution >= 0.6 is 11.8 Å². The molecule has 35 heavy (non-hydrogen) atoms. The Morgan fingerprint density at radius 2 is 1.80 bits per heavy atom. The molecule has 4 amide bonds. The number of aliphatic carboxylic acids is 1. The van der Waals surface area contributed by atoms with E-state index >= 15 is 0 Å². The molecule has 14 heteroatoms. The van der Waals surface area contributed by atoms with Crippen molar-refractivity contribution in [3.63, 3.8) is 0 Å². The van der Waals surface area contributed by atoms with E-state index in [-0.39, 0.29) is 41.7 Å². The number of carboxylic acids is 1. The first-order valence-corrected chi connectivity index (χ1v) is 11.3. The van der Waals surface area contributed by atoms with Crippen LogP contribution < -0.4 is 56.3 Å². The van der Waals surface area contributed by atoms with Gasteiger partial charge in [0, 0.05) is 11.8 Å². The van der Waals surface area contributed by atoms with Crippen LogP contribution in [0.15, 0.2) is 24.3 Å². The van der Waals surface area contributed by atoms with Crippen molar-refractivity contribution in [2.24, 2.45) is 5.73 Å². The second-order valence-electron chi connectivity index (χ2n) is 8.58. The van der Waals surface area contributed by atoms with Gasteiger partial charge in [-0.3, -0.25) is 19.2 Å². The Hall–Kier alpha value is -2.32. The summed E-state index contributed by atoms with van der Waals surface area (Å²) in [6.45, 7) is 3.35. The molecule has 0 aromatic heterocycles. The van der Waals surface area contributed by atoms with Gasteiger partial charge in [-0.1, -0.05) is 12.1 Å². The first kappa shape index (κ1) is 28.9. The molecule has 0 spiro atoms. The third kappa shape index (κ3) is 5.92. The third-order valence-corrected chi connectivity index (χ3v) is 7.33. The van der Waals surface area contributed by atoms with Gasteiger partial charge in [-0.2, -0.15) is 0 Å². The largest absolute Gasteiger partial charge is 1.00 e. The van der Waals surface area contributed by atoms with E-state index in [0.29, 0.717) is 5.56 Å². The maximum Gasteiger partial charge on any atom is 1.00 e. The molecule has 12 nitrogen and oxygen atoms in total. The number of amides is 4. The zero-order valence-electron chi connectivity index (χ0n) is 19.7. The van der Waals surface area contributed by atoms with Gasteiger partial charge in [0.15, 0.2) is 0 Å². The number of benzene rings is 1. The Labute approximate surface area is 228 Å². The van der Waals surface area contributed by atoms with Crippen LogP contribution in [-0.2, 0) is 24.0 Å². The van der Waals surface area contributed by atoms with Crippen LogP contribution in [0.5, 0.6) is 5.75 Å². The quantitative estimate of drug-likeness (QED) is 0.166. The number of nitrogens with one attached hydrogen (secondary N) is 3. The van der Waals surface area contributed by atoms with Gasteiger partial charge in [0.1, 0.15) is 23.2 Å². The fraction of sp³-hybridized carbons (Fsp3) is 0.476. The van der Waals surface area contributed by atoms with Crippen LogP contribution in [-0.4, -0.2) is 74.9 Å². The summed E-state index contributed by atoms with van der Waals surface area (Å²) in [7, 11) is 1.39. The zero-order chi connectivity index (χ0) is 25.4. The van der Waals surface area contributed by atoms with Gasteiger partial charge in [0.25, 0.3) is 0 Å². The summed E-state index contributed by atoms with van der Waals surface area (Å²) in [5.41, 5.74) is 6.08. The number of rotatable bonds is 8. The standard InChI is InChI=1S/C21H27N5O7S.Na/c1-21(2)15(20(32)33)26-18(31)14(19(26)34-21)25-17(30)13(9-4-6-10(27)7-5-9)24-16(29)11(22)8-12(28)23-3;/h4-7,11,13-15,19,27H,8,22H2,1-3H3,(H,23,28)(H,24,29)(H,25,30)(H,32,33);/q;+1/p-1/t11-,13-,14-,15+,19-;/m1./s1. The van der Waals surface area contributed by atoms with E-state index < -0.39 is 63.9 Å². The molecule has 6 N–H and O–H groups in total. The van der Waals surface area contributed by atoms with Gasteiger partial charge in [-0.05, 0) is 31.5 Å². The summed E-state index contributed by atoms with van der Waals surface area (Å²) >= 11 is 1.23. The van der Waals surface area contributed by atoms with E-state index in [2.05, 4.69) is 16.0 Å². The average Bonchev–Trinajstić information content (AvgIpc) is 3.03. The van der Waals surface area contributed by atoms with Crippen molar-refractivity contribution in [2.45, 2.75) is 54.6 Å². The number of aromatic hydroxyl groups is 1. The van der Waals surface area contributed by atoms with E-state index in [1.54, 1.807) is 13.8 Å². The Morgan fingerprint density at radius 3 is 2.34 bits per heavy atom. The summed E-state index contributed by atoms with van der Waals surface area (Å²) in [4.78, 5) is 62.7. The minimum Gasteiger partial charge on any atom is -0.548 e. The monoisotopic (exact) mass is 515 g/mol. The van der Waals surface area contributed by atoms with Gasteiger partial charge in [-0.25, -0.2) is 0 Å². The maximum absolute atomic E-state index is 13.2. The first-order chi connectivity index (χ1) is 15.9. The molecule has 0 radical (unpaired) electrons. The molecular weight excluding hydrogens is 489 g/mol. The van der Waals surface area contributed by atoms with Crippen LogP contribution in [0.4, 0.5) is 0 Å². The third-order valence-electron chi connectivity index (χ3n) is 5.76. The smallest absolute Gasteiger partial charge is 0.548 e. The number of carbonyl (C=O) groups is 5. The Bertz CT molecular complexity index is 1020. The van der Waals surface area contributed by atoms with Gasteiger partial charge >= 0.3 is 29.6 Å². The predicted molar refractivity (Wildman–Crippen MR) is 119 cm³/mol. The van der Waals surface area contributed by atoms with E-state index in [1.807, 2.05) is 0 Å². The Kier molecular flexibility index (Phi) is 9.22. The van der Waals surface area contributed by atoms with Crippen molar-refractivity contribution in [2.75, 3.05) is 7.05 Å². The number of hydrogen-bond donors (Lipinski definition) is 5. The van der Waals surface area contributed by atoms with E-state index in [9.17, 15) is 34.2 Å². The van der Waals surface area contributed by atoms with Gasteiger partial charge in [-0.15, -0.1) is 11.8 Å². The molecule has 2 fully saturated rings. The molecule has 2 heterocycles. The molecule has 0 bridgehead atoms. The molecule has 0 saturated carbocycles. The fourth-order valence-electron chi connectivity index (χ4n) is 3.97. The maximum atomic E-state index is 13.2. The van der Waals surface area contributed by atoms with Crippen molar-refractivity contribution < 1.29 is 63.7 Å². The number of carbonyl (C=O) groups excluding carboxylic acids is 5. The number of phenols is 1. The predicted octanol–water partition coefficient (Wildman–Crippen LogP) is -5.69. The van der Waals surface area contributed by atoms with E-state index in [1.165, 1.54) is 48.0 Å². The van der Waals surface area contributed by atoms with Crippen LogP contribution in [0.3, 0.4) is 0 Å². The molecule has 5 atom stereocenters. The van der Waals surface area contributed by atoms with Crippen LogP contribution in [0.1, 0.15) is 31.9 Å². The molecule has 3 rings (SSSR count). The summed E-state index contributed by atoms with van der Waals surface area (Å²) in [5, 5.41) is 27.9. The number of thioether (sulfide) groups is 1. The average molecular weight is 516 g/mol. The molecular formula is C21H26N5NaO7S. The number of fused-ring (bicyclic) bond motifs is 1. The molecule has 184 valence electrons. The molecule has 2 aliphatic rings. The van der Waals surface area contributed by atoms with Crippen LogP contribution in [0, 0.1) is 0 Å². The van der Waals surface area contributed by atoms with Crippen molar-refractivity contribution in [1.29, 1.82) is 0 Å². The van der Waals surface area contributed by atoms with E-state index in [0.717, 1.165) is 0 Å². The van der Waals surface area contributed by atoms with Crippen molar-refractivity contribution in [1.82, 2.24) is 20.9 Å². The molecule has 0 unspecified atom stereocenters. The number of β-lactam (4-membered cyclic amide) rings is 1. The van der Waals surface area contributed by atoms with Crippen LogP contribution in [0.25, 0.3) is 0 Å². The van der Waals surface area contributed by atoms with Gasteiger partial charge < -0.3 is 41.6 Å². The minimum absolute atomic E-state index is 0. The molecule has 2 saturated heterocycles. The number of nitrogens with two attached hydrogens (primary N) is 1. The molecule has 1 aromatic carbocycles. The van der Waals surface area contributed by atoms with Gasteiger partial charge in [0.05, 0.1) is 24.5 Å². The molecule has 0 aliphatic carbocycles.